The molecule has 0 aliphatic rings. The first kappa shape index (κ1) is 49.3. The molecule has 0 aromatic carbocycles. The molecule has 0 amide bonds. The van der Waals surface area contributed by atoms with Crippen molar-refractivity contribution in [1.29, 1.82) is 0 Å². The molecule has 0 aliphatic heterocycles. The van der Waals surface area contributed by atoms with Gasteiger partial charge in [-0.05, 0) is 70.6 Å². The van der Waals surface area contributed by atoms with Crippen molar-refractivity contribution in [1.82, 2.24) is 0 Å². The largest absolute Gasteiger partial charge is 0.462 e. The van der Waals surface area contributed by atoms with E-state index >= 15 is 0 Å². The Bertz CT molecular complexity index is 1120. The van der Waals surface area contributed by atoms with Crippen LogP contribution < -0.4 is 0 Å². The van der Waals surface area contributed by atoms with E-state index in [4.69, 9.17) is 14.2 Å². The van der Waals surface area contributed by atoms with Crippen molar-refractivity contribution >= 4 is 17.9 Å². The van der Waals surface area contributed by atoms with Crippen LogP contribution in [0.5, 0.6) is 0 Å². The Morgan fingerprint density at radius 3 is 1.49 bits per heavy atom. The first-order chi connectivity index (χ1) is 26.0. The van der Waals surface area contributed by atoms with Gasteiger partial charge in [0.25, 0.3) is 0 Å². The highest BCUT2D eigenvalue weighted by Gasteiger charge is 2.19. The molecule has 0 heterocycles. The minimum atomic E-state index is -0.829. The maximum atomic E-state index is 12.6. The maximum Gasteiger partial charge on any atom is 0.309 e. The molecule has 0 N–H and O–H groups in total. The molecule has 6 nitrogen and oxygen atoms in total. The van der Waals surface area contributed by atoms with Crippen LogP contribution in [0.25, 0.3) is 0 Å². The van der Waals surface area contributed by atoms with Gasteiger partial charge in [0.2, 0.25) is 0 Å². The monoisotopic (exact) mass is 735 g/mol. The van der Waals surface area contributed by atoms with E-state index in [2.05, 4.69) is 106 Å². The molecule has 53 heavy (non-hydrogen) atoms. The van der Waals surface area contributed by atoms with Crippen LogP contribution in [0.4, 0.5) is 0 Å². The molecule has 0 aromatic heterocycles. The van der Waals surface area contributed by atoms with Crippen LogP contribution in [-0.2, 0) is 28.6 Å². The van der Waals surface area contributed by atoms with Crippen molar-refractivity contribution in [2.45, 2.75) is 168 Å². The van der Waals surface area contributed by atoms with E-state index in [9.17, 15) is 14.4 Å². The summed E-state index contributed by atoms with van der Waals surface area (Å²) in [5, 5.41) is 0. The number of carbonyl (C=O) groups excluding carboxylic acids is 3. The Morgan fingerprint density at radius 1 is 0.434 bits per heavy atom. The highest BCUT2D eigenvalue weighted by molar-refractivity contribution is 5.72. The van der Waals surface area contributed by atoms with Crippen molar-refractivity contribution in [3.8, 4) is 0 Å². The fraction of sp³-hybridized carbons (Fsp3) is 0.596. The van der Waals surface area contributed by atoms with Crippen LogP contribution in [0.2, 0.25) is 0 Å². The summed E-state index contributed by atoms with van der Waals surface area (Å²) in [5.74, 6) is -1.11. The van der Waals surface area contributed by atoms with Gasteiger partial charge in [-0.25, -0.2) is 0 Å². The van der Waals surface area contributed by atoms with Crippen molar-refractivity contribution in [2.75, 3.05) is 13.2 Å². The Morgan fingerprint density at radius 2 is 0.887 bits per heavy atom. The second-order valence-electron chi connectivity index (χ2n) is 13.2. The molecule has 1 unspecified atom stereocenters. The second kappa shape index (κ2) is 41.1. The molecule has 1 atom stereocenters. The number of rotatable bonds is 35. The van der Waals surface area contributed by atoms with Crippen LogP contribution in [0.3, 0.4) is 0 Å². The SMILES string of the molecule is CC\C=C/C=C\C=C/CCCCCCCCCC(=O)OCC(COC(=O)C/C=C\C/C=C\C/C=C\CC)OC(=O)CCCCC/C=C\C=C/CCCC. The van der Waals surface area contributed by atoms with Gasteiger partial charge in [0, 0.05) is 12.8 Å². The number of allylic oxidation sites excluding steroid dienone is 15. The lowest BCUT2D eigenvalue weighted by atomic mass is 10.1. The molecule has 0 aromatic rings. The second-order valence-corrected chi connectivity index (χ2v) is 13.2. The lowest BCUT2D eigenvalue weighted by Crippen LogP contribution is -2.30. The number of esters is 3. The zero-order chi connectivity index (χ0) is 38.7. The molecular weight excluding hydrogens is 661 g/mol. The summed E-state index contributed by atoms with van der Waals surface area (Å²) in [6.07, 6.45) is 52.8. The predicted molar refractivity (Wildman–Crippen MR) is 224 cm³/mol. The van der Waals surface area contributed by atoms with Gasteiger partial charge < -0.3 is 14.2 Å². The molecule has 0 radical (unpaired) electrons. The van der Waals surface area contributed by atoms with E-state index in [1.807, 2.05) is 6.08 Å². The molecule has 0 bridgehead atoms. The lowest BCUT2D eigenvalue weighted by molar-refractivity contribution is -0.166. The molecule has 0 aliphatic carbocycles. The van der Waals surface area contributed by atoms with E-state index in [1.165, 1.54) is 38.5 Å². The minimum absolute atomic E-state index is 0.124. The van der Waals surface area contributed by atoms with Gasteiger partial charge in [-0.15, -0.1) is 0 Å². The van der Waals surface area contributed by atoms with Gasteiger partial charge >= 0.3 is 17.9 Å². The molecule has 298 valence electrons. The molecule has 0 fully saturated rings. The number of carbonyl (C=O) groups is 3. The summed E-state index contributed by atoms with van der Waals surface area (Å²) in [6.45, 7) is 6.16. The van der Waals surface area contributed by atoms with Crippen molar-refractivity contribution in [2.24, 2.45) is 0 Å². The molecule has 0 spiro atoms. The summed E-state index contributed by atoms with van der Waals surface area (Å²) in [6, 6.07) is 0. The smallest absolute Gasteiger partial charge is 0.309 e. The lowest BCUT2D eigenvalue weighted by Gasteiger charge is -2.18. The highest BCUT2D eigenvalue weighted by atomic mass is 16.6. The Balaban J connectivity index is 4.50. The zero-order valence-corrected chi connectivity index (χ0v) is 33.7. The third kappa shape index (κ3) is 39.4. The first-order valence-electron chi connectivity index (χ1n) is 20.8. The standard InChI is InChI=1S/C47H74O6/c1-4-7-10-13-16-19-21-22-23-24-26-28-31-34-37-40-46(49)52-43-44(42-51-45(48)39-36-33-30-27-18-15-12-9-6-3)53-47(50)41-38-35-32-29-25-20-17-14-11-8-5-2/h7,9-10,12-14,16-21,25,27,33,36,44H,4-6,8,11,15,22-24,26,28-32,34-35,37-43H2,1-3H3/b10-7-,12-9-,16-13-,17-14-,21-19-,25-20-,27-18-,36-33-. The quantitative estimate of drug-likeness (QED) is 0.0212. The summed E-state index contributed by atoms with van der Waals surface area (Å²) in [5.41, 5.74) is 0. The fourth-order valence-electron chi connectivity index (χ4n) is 5.07. The average Bonchev–Trinajstić information content (AvgIpc) is 3.15. The molecular formula is C47H74O6. The van der Waals surface area contributed by atoms with Gasteiger partial charge in [0.1, 0.15) is 13.2 Å². The van der Waals surface area contributed by atoms with E-state index < -0.39 is 12.1 Å². The molecule has 0 saturated carbocycles. The number of hydrogen-bond acceptors (Lipinski definition) is 6. The van der Waals surface area contributed by atoms with Crippen LogP contribution >= 0.6 is 0 Å². The van der Waals surface area contributed by atoms with Gasteiger partial charge in [-0.2, -0.15) is 0 Å². The summed E-state index contributed by atoms with van der Waals surface area (Å²) < 4.78 is 16.5. The molecule has 0 rings (SSSR count). The third-order valence-corrected chi connectivity index (χ3v) is 8.18. The van der Waals surface area contributed by atoms with Crippen LogP contribution in [0.1, 0.15) is 162 Å². The third-order valence-electron chi connectivity index (χ3n) is 8.18. The number of hydrogen-bond donors (Lipinski definition) is 0. The van der Waals surface area contributed by atoms with E-state index in [0.717, 1.165) is 77.0 Å². The number of ether oxygens (including phenoxy) is 3. The van der Waals surface area contributed by atoms with E-state index in [1.54, 1.807) is 6.08 Å². The Kier molecular flexibility index (Phi) is 38.2. The van der Waals surface area contributed by atoms with Crippen LogP contribution in [0, 0.1) is 0 Å². The van der Waals surface area contributed by atoms with Crippen molar-refractivity contribution in [3.05, 3.63) is 97.2 Å². The molecule has 6 heteroatoms. The minimum Gasteiger partial charge on any atom is -0.462 e. The first-order valence-corrected chi connectivity index (χ1v) is 20.8. The average molecular weight is 735 g/mol. The summed E-state index contributed by atoms with van der Waals surface area (Å²) in [4.78, 5) is 37.5. The fourth-order valence-corrected chi connectivity index (χ4v) is 5.07. The number of unbranched alkanes of at least 4 members (excludes halogenated alkanes) is 12. The van der Waals surface area contributed by atoms with E-state index in [0.29, 0.717) is 12.8 Å². The van der Waals surface area contributed by atoms with Gasteiger partial charge in [-0.3, -0.25) is 14.4 Å². The Labute approximate surface area is 324 Å². The van der Waals surface area contributed by atoms with Crippen LogP contribution in [-0.4, -0.2) is 37.2 Å². The summed E-state index contributed by atoms with van der Waals surface area (Å²) >= 11 is 0. The normalized spacial score (nSPS) is 13.0. The van der Waals surface area contributed by atoms with Gasteiger partial charge in [0.05, 0.1) is 6.42 Å². The highest BCUT2D eigenvalue weighted by Crippen LogP contribution is 2.12. The zero-order valence-electron chi connectivity index (χ0n) is 33.7. The van der Waals surface area contributed by atoms with Crippen LogP contribution in [0.15, 0.2) is 97.2 Å². The van der Waals surface area contributed by atoms with Gasteiger partial charge in [0.15, 0.2) is 6.10 Å². The summed E-state index contributed by atoms with van der Waals surface area (Å²) in [7, 11) is 0. The maximum absolute atomic E-state index is 12.6. The Hall–Kier alpha value is -3.67. The van der Waals surface area contributed by atoms with E-state index in [-0.39, 0.29) is 38.0 Å². The molecule has 0 saturated heterocycles. The van der Waals surface area contributed by atoms with Crippen molar-refractivity contribution < 1.29 is 28.6 Å². The topological polar surface area (TPSA) is 78.9 Å². The predicted octanol–water partition coefficient (Wildman–Crippen LogP) is 13.1. The van der Waals surface area contributed by atoms with Crippen molar-refractivity contribution in [3.63, 3.8) is 0 Å². The van der Waals surface area contributed by atoms with Gasteiger partial charge in [-0.1, -0.05) is 169 Å².